The molecule has 206 valence electrons. The molecule has 3 aliphatic heterocycles. The summed E-state index contributed by atoms with van der Waals surface area (Å²) in [6.07, 6.45) is 3.72. The smallest absolute Gasteiger partial charge is 0.310 e. The zero-order chi connectivity index (χ0) is 26.5. The Morgan fingerprint density at radius 3 is 2.47 bits per heavy atom. The number of piperidine rings is 2. The Bertz CT molecular complexity index is 1080. The molecule has 3 aliphatic rings. The van der Waals surface area contributed by atoms with E-state index in [-0.39, 0.29) is 17.8 Å². The van der Waals surface area contributed by atoms with E-state index in [4.69, 9.17) is 9.72 Å². The fourth-order valence-corrected chi connectivity index (χ4v) is 6.78. The molecule has 2 aromatic rings. The number of hydrogen-bond donors (Lipinski definition) is 0. The first-order chi connectivity index (χ1) is 18.6. The first-order valence-corrected chi connectivity index (χ1v) is 15.2. The van der Waals surface area contributed by atoms with Crippen molar-refractivity contribution in [2.75, 3.05) is 70.4 Å². The summed E-state index contributed by atoms with van der Waals surface area (Å²) in [5.41, 5.74) is 1.51. The summed E-state index contributed by atoms with van der Waals surface area (Å²) in [6.45, 7) is 13.0. The van der Waals surface area contributed by atoms with Gasteiger partial charge in [0.05, 0.1) is 28.7 Å². The number of hydrogen-bond acceptors (Lipinski definition) is 8. The fourth-order valence-electron chi connectivity index (χ4n) is 6.09. The van der Waals surface area contributed by atoms with E-state index in [1.54, 1.807) is 11.3 Å². The van der Waals surface area contributed by atoms with Crippen LogP contribution in [-0.4, -0.2) is 103 Å². The summed E-state index contributed by atoms with van der Waals surface area (Å²) in [4.78, 5) is 41.8. The van der Waals surface area contributed by atoms with Crippen LogP contribution in [0.1, 0.15) is 49.9 Å². The summed E-state index contributed by atoms with van der Waals surface area (Å²) >= 11 is 1.64. The molecule has 3 fully saturated rings. The predicted octanol–water partition coefficient (Wildman–Crippen LogP) is 3.83. The van der Waals surface area contributed by atoms with Gasteiger partial charge in [0.1, 0.15) is 5.82 Å². The second-order valence-electron chi connectivity index (χ2n) is 10.6. The average Bonchev–Trinajstić information content (AvgIpc) is 3.52. The van der Waals surface area contributed by atoms with Crippen LogP contribution in [0.15, 0.2) is 29.6 Å². The number of piperazine rings is 1. The summed E-state index contributed by atoms with van der Waals surface area (Å²) in [7, 11) is 0. The number of nitrogens with zero attached hydrogens (tertiary/aromatic N) is 5. The molecule has 9 heteroatoms. The molecule has 0 aliphatic carbocycles. The van der Waals surface area contributed by atoms with Crippen molar-refractivity contribution in [1.29, 1.82) is 0 Å². The SMILES string of the molecule is CCOC(=O)[C@H]1CCCN(c2nc(-c3cccs3)ccc2C(=O)N2CCC(N3CCN(CC)CC3)CC2)C1. The molecule has 38 heavy (non-hydrogen) atoms. The summed E-state index contributed by atoms with van der Waals surface area (Å²) < 4.78 is 5.33. The minimum Gasteiger partial charge on any atom is -0.466 e. The quantitative estimate of drug-likeness (QED) is 0.496. The van der Waals surface area contributed by atoms with Crippen LogP contribution in [0.5, 0.6) is 0 Å². The number of likely N-dealkylation sites (N-methyl/N-ethyl adjacent to an activating group) is 1. The van der Waals surface area contributed by atoms with Crippen molar-refractivity contribution in [2.45, 2.75) is 45.6 Å². The first-order valence-electron chi connectivity index (χ1n) is 14.3. The van der Waals surface area contributed by atoms with Crippen LogP contribution in [0.2, 0.25) is 0 Å². The van der Waals surface area contributed by atoms with Crippen LogP contribution in [0.4, 0.5) is 5.82 Å². The van der Waals surface area contributed by atoms with Crippen LogP contribution >= 0.6 is 11.3 Å². The Labute approximate surface area is 230 Å². The van der Waals surface area contributed by atoms with Gasteiger partial charge in [0.15, 0.2) is 0 Å². The number of anilines is 1. The van der Waals surface area contributed by atoms with E-state index in [0.29, 0.717) is 30.6 Å². The molecule has 5 rings (SSSR count). The van der Waals surface area contributed by atoms with Gasteiger partial charge in [-0.3, -0.25) is 14.5 Å². The predicted molar refractivity (Wildman–Crippen MR) is 152 cm³/mol. The molecule has 1 atom stereocenters. The molecule has 0 bridgehead atoms. The van der Waals surface area contributed by atoms with Gasteiger partial charge in [0.25, 0.3) is 5.91 Å². The van der Waals surface area contributed by atoms with Crippen LogP contribution in [-0.2, 0) is 9.53 Å². The van der Waals surface area contributed by atoms with Crippen LogP contribution in [0.25, 0.3) is 10.6 Å². The van der Waals surface area contributed by atoms with E-state index in [9.17, 15) is 9.59 Å². The molecular weight excluding hydrogens is 498 g/mol. The van der Waals surface area contributed by atoms with E-state index in [1.807, 2.05) is 35.4 Å². The lowest BCUT2D eigenvalue weighted by atomic mass is 9.97. The Morgan fingerprint density at radius 2 is 1.79 bits per heavy atom. The fraction of sp³-hybridized carbons (Fsp3) is 0.621. The third kappa shape index (κ3) is 6.05. The van der Waals surface area contributed by atoms with Gasteiger partial charge >= 0.3 is 5.97 Å². The number of esters is 1. The van der Waals surface area contributed by atoms with Crippen molar-refractivity contribution >= 4 is 29.0 Å². The largest absolute Gasteiger partial charge is 0.466 e. The molecule has 0 aromatic carbocycles. The number of pyridine rings is 1. The lowest BCUT2D eigenvalue weighted by Crippen LogP contribution is -2.53. The maximum atomic E-state index is 13.9. The van der Waals surface area contributed by atoms with Crippen molar-refractivity contribution < 1.29 is 14.3 Å². The number of amides is 1. The van der Waals surface area contributed by atoms with Crippen molar-refractivity contribution in [3.8, 4) is 10.6 Å². The van der Waals surface area contributed by atoms with Crippen LogP contribution < -0.4 is 4.90 Å². The molecule has 3 saturated heterocycles. The Morgan fingerprint density at radius 1 is 1.00 bits per heavy atom. The number of ether oxygens (including phenoxy) is 1. The Balaban J connectivity index is 1.32. The van der Waals surface area contributed by atoms with Crippen molar-refractivity contribution in [3.05, 3.63) is 35.2 Å². The zero-order valence-electron chi connectivity index (χ0n) is 22.8. The van der Waals surface area contributed by atoms with Crippen molar-refractivity contribution in [2.24, 2.45) is 5.92 Å². The first kappa shape index (κ1) is 27.1. The van der Waals surface area contributed by atoms with Gasteiger partial charge in [0.2, 0.25) is 0 Å². The van der Waals surface area contributed by atoms with E-state index in [0.717, 1.165) is 88.6 Å². The molecule has 8 nitrogen and oxygen atoms in total. The average molecular weight is 540 g/mol. The molecule has 0 radical (unpaired) electrons. The second kappa shape index (κ2) is 12.6. The van der Waals surface area contributed by atoms with Gasteiger partial charge < -0.3 is 19.4 Å². The molecule has 0 N–H and O–H groups in total. The van der Waals surface area contributed by atoms with Gasteiger partial charge in [0, 0.05) is 58.4 Å². The van der Waals surface area contributed by atoms with Gasteiger partial charge in [-0.2, -0.15) is 0 Å². The number of likely N-dealkylation sites (tertiary alicyclic amines) is 1. The molecule has 2 aromatic heterocycles. The maximum absolute atomic E-state index is 13.9. The second-order valence-corrected chi connectivity index (χ2v) is 11.5. The molecule has 5 heterocycles. The van der Waals surface area contributed by atoms with Gasteiger partial charge in [-0.15, -0.1) is 11.3 Å². The van der Waals surface area contributed by atoms with Crippen LogP contribution in [0, 0.1) is 5.92 Å². The summed E-state index contributed by atoms with van der Waals surface area (Å²) in [5.74, 6) is 0.412. The summed E-state index contributed by atoms with van der Waals surface area (Å²) in [5, 5.41) is 2.04. The molecule has 0 spiro atoms. The Hall–Kier alpha value is -2.49. The van der Waals surface area contributed by atoms with Crippen molar-refractivity contribution in [3.63, 3.8) is 0 Å². The standard InChI is InChI=1S/C29H41N5O3S/c1-3-31-16-18-32(19-17-31)23-11-14-33(15-12-23)28(35)24-9-10-25(26-8-6-20-38-26)30-27(24)34-13-5-7-22(21-34)29(36)37-4-2/h6,8-10,20,22-23H,3-5,7,11-19,21H2,1-2H3/t22-/m0/s1. The van der Waals surface area contributed by atoms with E-state index in [1.165, 1.54) is 0 Å². The highest BCUT2D eigenvalue weighted by Crippen LogP contribution is 2.32. The monoisotopic (exact) mass is 539 g/mol. The number of carbonyl (C=O) groups is 2. The highest BCUT2D eigenvalue weighted by atomic mass is 32.1. The molecule has 1 amide bonds. The third-order valence-electron chi connectivity index (χ3n) is 8.34. The maximum Gasteiger partial charge on any atom is 0.310 e. The zero-order valence-corrected chi connectivity index (χ0v) is 23.6. The number of rotatable bonds is 7. The molecular formula is C29H41N5O3S. The van der Waals surface area contributed by atoms with Gasteiger partial charge in [-0.05, 0) is 62.7 Å². The van der Waals surface area contributed by atoms with E-state index < -0.39 is 0 Å². The lowest BCUT2D eigenvalue weighted by molar-refractivity contribution is -0.148. The minimum atomic E-state index is -0.192. The highest BCUT2D eigenvalue weighted by Gasteiger charge is 2.33. The minimum absolute atomic E-state index is 0.0535. The number of carbonyl (C=O) groups excluding carboxylic acids is 2. The van der Waals surface area contributed by atoms with Gasteiger partial charge in [-0.25, -0.2) is 4.98 Å². The molecule has 0 saturated carbocycles. The topological polar surface area (TPSA) is 69.2 Å². The normalized spacial score (nSPS) is 22.0. The highest BCUT2D eigenvalue weighted by molar-refractivity contribution is 7.13. The van der Waals surface area contributed by atoms with Gasteiger partial charge in [-0.1, -0.05) is 13.0 Å². The number of aromatic nitrogens is 1. The van der Waals surface area contributed by atoms with E-state index in [2.05, 4.69) is 27.7 Å². The third-order valence-corrected chi connectivity index (χ3v) is 9.23. The molecule has 0 unspecified atom stereocenters. The van der Waals surface area contributed by atoms with Crippen LogP contribution in [0.3, 0.4) is 0 Å². The lowest BCUT2D eigenvalue weighted by Gasteiger charge is -2.42. The number of thiophene rings is 1. The Kier molecular flexibility index (Phi) is 8.97. The van der Waals surface area contributed by atoms with Crippen molar-refractivity contribution in [1.82, 2.24) is 19.7 Å². The van der Waals surface area contributed by atoms with E-state index >= 15 is 0 Å². The summed E-state index contributed by atoms with van der Waals surface area (Å²) in [6, 6.07) is 8.55.